The van der Waals surface area contributed by atoms with Gasteiger partial charge in [0, 0.05) is 23.7 Å². The SMILES string of the molecule is CC(C)C1(OC(=O)C(F)(F)S(=O)(=O)O)C2CC3CC1CC(OCC(=O)OC1C4CC5C(=O)OC1C5C4)(C3)C2. The van der Waals surface area contributed by atoms with Crippen LogP contribution in [0.2, 0.25) is 0 Å². The fraction of sp³-hybridized carbons (Fsp3) is 0.880. The fourth-order valence-corrected chi connectivity index (χ4v) is 9.37. The van der Waals surface area contributed by atoms with Crippen LogP contribution in [0.5, 0.6) is 0 Å². The Morgan fingerprint density at radius 2 is 1.79 bits per heavy atom. The van der Waals surface area contributed by atoms with E-state index < -0.39 is 56.6 Å². The van der Waals surface area contributed by atoms with E-state index in [0.717, 1.165) is 6.42 Å². The number of halogens is 2. The van der Waals surface area contributed by atoms with Crippen LogP contribution in [0.4, 0.5) is 8.78 Å². The minimum Gasteiger partial charge on any atom is -0.458 e. The molecule has 0 aromatic heterocycles. The Labute approximate surface area is 218 Å². The van der Waals surface area contributed by atoms with Gasteiger partial charge >= 0.3 is 33.3 Å². The van der Waals surface area contributed by atoms with Gasteiger partial charge in [0.1, 0.15) is 24.4 Å². The van der Waals surface area contributed by atoms with Gasteiger partial charge < -0.3 is 18.9 Å². The van der Waals surface area contributed by atoms with Crippen molar-refractivity contribution < 1.29 is 55.1 Å². The number of hydrogen-bond donors (Lipinski definition) is 1. The number of esters is 3. The molecular weight excluding hydrogens is 530 g/mol. The van der Waals surface area contributed by atoms with Crippen LogP contribution in [0.25, 0.3) is 0 Å². The summed E-state index contributed by atoms with van der Waals surface area (Å²) in [5.41, 5.74) is -2.06. The number of alkyl halides is 2. The van der Waals surface area contributed by atoms with E-state index in [-0.39, 0.29) is 48.1 Å². The van der Waals surface area contributed by atoms with Gasteiger partial charge in [0.15, 0.2) is 0 Å². The third kappa shape index (κ3) is 3.67. The molecule has 6 aliphatic carbocycles. The van der Waals surface area contributed by atoms with Crippen LogP contribution in [-0.2, 0) is 43.4 Å². The number of ether oxygens (including phenoxy) is 4. The van der Waals surface area contributed by atoms with Gasteiger partial charge in [0.05, 0.1) is 11.5 Å². The summed E-state index contributed by atoms with van der Waals surface area (Å²) in [6.07, 6.45) is 3.18. The molecule has 1 aliphatic heterocycles. The molecule has 0 amide bonds. The number of carbonyl (C=O) groups excluding carboxylic acids is 3. The highest BCUT2D eigenvalue weighted by Gasteiger charge is 2.68. The minimum absolute atomic E-state index is 0.0870. The molecule has 0 spiro atoms. The van der Waals surface area contributed by atoms with Gasteiger partial charge in [-0.05, 0) is 56.8 Å². The lowest BCUT2D eigenvalue weighted by Crippen LogP contribution is -2.68. The van der Waals surface area contributed by atoms with Crippen LogP contribution in [0, 0.1) is 41.4 Å². The van der Waals surface area contributed by atoms with Gasteiger partial charge in [-0.2, -0.15) is 17.2 Å². The standard InChI is InChI=1S/C25H32F2O10S/c1-11(2)24(37-22(30)25(26,27)38(31,32)33)14-3-12-4-15(24)9-23(7-12,8-14)34-10-18(28)35-19-13-5-16-17(6-13)21(29)36-20(16)19/h11-17,19-20H,3-10H2,1-2H3,(H,31,32,33). The molecule has 10 nitrogen and oxygen atoms in total. The summed E-state index contributed by atoms with van der Waals surface area (Å²) in [4.78, 5) is 37.1. The highest BCUT2D eigenvalue weighted by atomic mass is 32.2. The summed E-state index contributed by atoms with van der Waals surface area (Å²) < 4.78 is 82.2. The van der Waals surface area contributed by atoms with E-state index in [1.54, 1.807) is 13.8 Å². The summed E-state index contributed by atoms with van der Waals surface area (Å²) in [6.45, 7) is 3.17. The molecule has 212 valence electrons. The third-order valence-corrected chi connectivity index (χ3v) is 11.1. The highest BCUT2D eigenvalue weighted by molar-refractivity contribution is 7.87. The maximum atomic E-state index is 14.1. The van der Waals surface area contributed by atoms with Crippen LogP contribution < -0.4 is 0 Å². The maximum Gasteiger partial charge on any atom is 0.465 e. The Morgan fingerprint density at radius 1 is 1.13 bits per heavy atom. The number of hydrogen-bond acceptors (Lipinski definition) is 9. The molecule has 7 aliphatic rings. The first-order chi connectivity index (χ1) is 17.7. The molecule has 1 saturated heterocycles. The van der Waals surface area contributed by atoms with Crippen molar-refractivity contribution in [2.75, 3.05) is 6.61 Å². The Kier molecular flexibility index (Phi) is 5.78. The predicted octanol–water partition coefficient (Wildman–Crippen LogP) is 2.49. The topological polar surface area (TPSA) is 142 Å². The lowest BCUT2D eigenvalue weighted by atomic mass is 9.46. The predicted molar refractivity (Wildman–Crippen MR) is 122 cm³/mol. The zero-order valence-corrected chi connectivity index (χ0v) is 22.0. The normalized spacial score (nSPS) is 44.5. The molecule has 1 heterocycles. The molecule has 38 heavy (non-hydrogen) atoms. The van der Waals surface area contributed by atoms with Crippen molar-refractivity contribution in [1.82, 2.24) is 0 Å². The van der Waals surface area contributed by atoms with Crippen molar-refractivity contribution >= 4 is 28.0 Å². The van der Waals surface area contributed by atoms with Crippen molar-refractivity contribution in [1.29, 1.82) is 0 Å². The first-order valence-corrected chi connectivity index (χ1v) is 14.7. The van der Waals surface area contributed by atoms with Gasteiger partial charge in [0.25, 0.3) is 0 Å². The second kappa shape index (κ2) is 8.33. The average Bonchev–Trinajstić information content (AvgIpc) is 3.44. The van der Waals surface area contributed by atoms with Gasteiger partial charge in [-0.3, -0.25) is 9.35 Å². The summed E-state index contributed by atoms with van der Waals surface area (Å²) in [5, 5.41) is -5.07. The van der Waals surface area contributed by atoms with Gasteiger partial charge in [-0.1, -0.05) is 13.8 Å². The first-order valence-electron chi connectivity index (χ1n) is 13.3. The van der Waals surface area contributed by atoms with Crippen LogP contribution in [0.3, 0.4) is 0 Å². The Balaban J connectivity index is 1.14. The second-order valence-corrected chi connectivity index (χ2v) is 14.0. The molecule has 7 rings (SSSR count). The monoisotopic (exact) mass is 562 g/mol. The number of rotatable bonds is 8. The molecule has 0 aromatic rings. The molecule has 7 fully saturated rings. The van der Waals surface area contributed by atoms with Crippen molar-refractivity contribution in [3.05, 3.63) is 0 Å². The first kappa shape index (κ1) is 26.4. The quantitative estimate of drug-likeness (QED) is 0.266. The van der Waals surface area contributed by atoms with E-state index >= 15 is 0 Å². The highest BCUT2D eigenvalue weighted by Crippen LogP contribution is 2.64. The van der Waals surface area contributed by atoms with Gasteiger partial charge in [0.2, 0.25) is 0 Å². The van der Waals surface area contributed by atoms with Crippen molar-refractivity contribution in [3.63, 3.8) is 0 Å². The summed E-state index contributed by atoms with van der Waals surface area (Å²) in [5.74, 6) is -3.91. The smallest absolute Gasteiger partial charge is 0.458 e. The molecular formula is C25H32F2O10S. The van der Waals surface area contributed by atoms with Crippen LogP contribution in [0.1, 0.15) is 58.8 Å². The van der Waals surface area contributed by atoms with Crippen molar-refractivity contribution in [2.45, 2.75) is 87.5 Å². The second-order valence-electron chi connectivity index (χ2n) is 12.6. The Hall–Kier alpha value is -1.86. The average molecular weight is 563 g/mol. The Morgan fingerprint density at radius 3 is 2.39 bits per heavy atom. The van der Waals surface area contributed by atoms with E-state index in [1.165, 1.54) is 0 Å². The fourth-order valence-electron chi connectivity index (χ4n) is 9.12. The van der Waals surface area contributed by atoms with E-state index in [0.29, 0.717) is 38.5 Å². The maximum absolute atomic E-state index is 14.1. The molecule has 7 atom stereocenters. The van der Waals surface area contributed by atoms with E-state index in [9.17, 15) is 31.6 Å². The van der Waals surface area contributed by atoms with E-state index in [1.807, 2.05) is 0 Å². The van der Waals surface area contributed by atoms with E-state index in [2.05, 4.69) is 0 Å². The zero-order valence-electron chi connectivity index (χ0n) is 21.1. The molecule has 7 unspecified atom stereocenters. The Bertz CT molecular complexity index is 1150. The lowest BCUT2D eigenvalue weighted by Gasteiger charge is -2.65. The lowest BCUT2D eigenvalue weighted by molar-refractivity contribution is -0.270. The molecule has 13 heteroatoms. The molecule has 6 saturated carbocycles. The van der Waals surface area contributed by atoms with Gasteiger partial charge in [-0.25, -0.2) is 9.59 Å². The number of fused-ring (bicyclic) bond motifs is 1. The number of carbonyl (C=O) groups is 3. The molecule has 0 radical (unpaired) electrons. The summed E-state index contributed by atoms with van der Waals surface area (Å²) in [6, 6.07) is 0. The third-order valence-electron chi connectivity index (χ3n) is 10.3. The van der Waals surface area contributed by atoms with Crippen molar-refractivity contribution in [2.24, 2.45) is 41.4 Å². The summed E-state index contributed by atoms with van der Waals surface area (Å²) >= 11 is 0. The van der Waals surface area contributed by atoms with E-state index in [4.69, 9.17) is 23.5 Å². The molecule has 6 bridgehead atoms. The van der Waals surface area contributed by atoms with Crippen LogP contribution >= 0.6 is 0 Å². The largest absolute Gasteiger partial charge is 0.465 e. The van der Waals surface area contributed by atoms with Gasteiger partial charge in [-0.15, -0.1) is 0 Å². The molecule has 0 aromatic carbocycles. The summed E-state index contributed by atoms with van der Waals surface area (Å²) in [7, 11) is -5.99. The van der Waals surface area contributed by atoms with Crippen molar-refractivity contribution in [3.8, 4) is 0 Å². The van der Waals surface area contributed by atoms with Crippen LogP contribution in [0.15, 0.2) is 0 Å². The zero-order chi connectivity index (χ0) is 27.4. The van der Waals surface area contributed by atoms with Crippen LogP contribution in [-0.4, -0.2) is 66.1 Å². The molecule has 1 N–H and O–H groups in total. The minimum atomic E-state index is -5.99.